The van der Waals surface area contributed by atoms with Crippen molar-refractivity contribution in [1.82, 2.24) is 4.90 Å². The number of amides is 2. The van der Waals surface area contributed by atoms with Gasteiger partial charge in [-0.15, -0.1) is 0 Å². The molecule has 0 saturated heterocycles. The van der Waals surface area contributed by atoms with E-state index in [2.05, 4.69) is 0 Å². The number of hydrogen-bond donors (Lipinski definition) is 0. The van der Waals surface area contributed by atoms with E-state index >= 15 is 0 Å². The summed E-state index contributed by atoms with van der Waals surface area (Å²) in [6.45, 7) is 1.90. The van der Waals surface area contributed by atoms with Crippen LogP contribution in [0.4, 0.5) is 0 Å². The van der Waals surface area contributed by atoms with Crippen LogP contribution < -0.4 is 0 Å². The van der Waals surface area contributed by atoms with Gasteiger partial charge in [0.15, 0.2) is 5.72 Å². The van der Waals surface area contributed by atoms with E-state index in [1.165, 1.54) is 12.2 Å². The highest BCUT2D eigenvalue weighted by Gasteiger charge is 2.49. The first-order valence-corrected chi connectivity index (χ1v) is 7.68. The molecule has 0 radical (unpaired) electrons. The summed E-state index contributed by atoms with van der Waals surface area (Å²) < 4.78 is 5.32. The number of rotatable bonds is 4. The topological polar surface area (TPSA) is 63.7 Å². The van der Waals surface area contributed by atoms with Crippen molar-refractivity contribution >= 4 is 40.4 Å². The summed E-state index contributed by atoms with van der Waals surface area (Å²) in [7, 11) is 0. The first-order chi connectivity index (χ1) is 9.00. The van der Waals surface area contributed by atoms with Gasteiger partial charge in [-0.2, -0.15) is 0 Å². The van der Waals surface area contributed by atoms with Crippen LogP contribution in [0.2, 0.25) is 0 Å². The third kappa shape index (κ3) is 2.68. The van der Waals surface area contributed by atoms with Crippen LogP contribution >= 0.6 is 22.6 Å². The second-order valence-electron chi connectivity index (χ2n) is 4.80. The Morgan fingerprint density at radius 2 is 1.89 bits per heavy atom. The summed E-state index contributed by atoms with van der Waals surface area (Å²) in [5, 5.41) is 0. The fraction of sp³-hybridized carbons (Fsp3) is 0.615. The largest absolute Gasteiger partial charge is 0.438 e. The molecule has 19 heavy (non-hydrogen) atoms. The van der Waals surface area contributed by atoms with Crippen LogP contribution in [0.1, 0.15) is 39.0 Å². The molecule has 1 unspecified atom stereocenters. The Morgan fingerprint density at radius 3 is 2.37 bits per heavy atom. The van der Waals surface area contributed by atoms with Crippen LogP contribution in [-0.4, -0.2) is 32.3 Å². The summed E-state index contributed by atoms with van der Waals surface area (Å²) >= 11 is 2.02. The second kappa shape index (κ2) is 5.60. The highest BCUT2D eigenvalue weighted by molar-refractivity contribution is 14.1. The van der Waals surface area contributed by atoms with Crippen molar-refractivity contribution in [2.24, 2.45) is 0 Å². The number of alkyl halides is 1. The van der Waals surface area contributed by atoms with Crippen molar-refractivity contribution in [3.63, 3.8) is 0 Å². The van der Waals surface area contributed by atoms with Crippen molar-refractivity contribution < 1.29 is 19.1 Å². The molecule has 1 aliphatic heterocycles. The lowest BCUT2D eigenvalue weighted by Gasteiger charge is -2.36. The lowest BCUT2D eigenvalue weighted by Crippen LogP contribution is -2.53. The molecule has 0 aromatic rings. The van der Waals surface area contributed by atoms with E-state index in [4.69, 9.17) is 4.74 Å². The van der Waals surface area contributed by atoms with Crippen LogP contribution in [0, 0.1) is 0 Å². The lowest BCUT2D eigenvalue weighted by atomic mass is 10.1. The first-order valence-electron chi connectivity index (χ1n) is 6.43. The van der Waals surface area contributed by atoms with Gasteiger partial charge in [-0.3, -0.25) is 14.4 Å². The van der Waals surface area contributed by atoms with Gasteiger partial charge in [-0.25, -0.2) is 4.90 Å². The third-order valence-corrected chi connectivity index (χ3v) is 4.90. The maximum absolute atomic E-state index is 12.0. The molecular weight excluding hydrogens is 361 g/mol. The number of carbonyl (C=O) groups excluding carboxylic acids is 3. The molecule has 1 heterocycles. The van der Waals surface area contributed by atoms with Gasteiger partial charge < -0.3 is 4.74 Å². The van der Waals surface area contributed by atoms with E-state index in [9.17, 15) is 14.4 Å². The zero-order chi connectivity index (χ0) is 14.0. The third-order valence-electron chi connectivity index (χ3n) is 3.51. The summed E-state index contributed by atoms with van der Waals surface area (Å²) in [6, 6.07) is 0. The van der Waals surface area contributed by atoms with Crippen molar-refractivity contribution in [2.75, 3.05) is 0 Å². The van der Waals surface area contributed by atoms with Crippen LogP contribution in [-0.2, 0) is 19.1 Å². The fourth-order valence-electron chi connectivity index (χ4n) is 2.52. The Balaban J connectivity index is 2.21. The van der Waals surface area contributed by atoms with Gasteiger partial charge in [0.05, 0.1) is 0 Å². The Bertz CT molecular complexity index is 422. The standard InChI is InChI=1S/C13H16INO4/c1-2-9(14)12(18)19-13(7-3-4-8-13)15-10(16)5-6-11(15)17/h5-6,9H,2-4,7-8H2,1H3. The molecule has 0 bridgehead atoms. The number of nitrogens with zero attached hydrogens (tertiary/aromatic N) is 1. The Hall–Kier alpha value is -0.920. The van der Waals surface area contributed by atoms with Gasteiger partial charge in [0.2, 0.25) is 0 Å². The quantitative estimate of drug-likeness (QED) is 0.325. The molecule has 0 aromatic carbocycles. The van der Waals surface area contributed by atoms with Crippen LogP contribution in [0.3, 0.4) is 0 Å². The molecule has 1 atom stereocenters. The Kier molecular flexibility index (Phi) is 4.27. The lowest BCUT2D eigenvalue weighted by molar-refractivity contribution is -0.187. The molecule has 0 N–H and O–H groups in total. The number of carbonyl (C=O) groups is 3. The molecule has 2 rings (SSSR count). The fourth-order valence-corrected chi connectivity index (χ4v) is 2.65. The van der Waals surface area contributed by atoms with Gasteiger partial charge in [0.1, 0.15) is 3.92 Å². The van der Waals surface area contributed by atoms with E-state index in [0.29, 0.717) is 19.3 Å². The average molecular weight is 377 g/mol. The molecule has 5 nitrogen and oxygen atoms in total. The Morgan fingerprint density at radius 1 is 1.37 bits per heavy atom. The van der Waals surface area contributed by atoms with Crippen molar-refractivity contribution in [3.8, 4) is 0 Å². The molecule has 0 spiro atoms. The molecule has 1 saturated carbocycles. The zero-order valence-corrected chi connectivity index (χ0v) is 12.9. The smallest absolute Gasteiger partial charge is 0.321 e. The van der Waals surface area contributed by atoms with E-state index in [0.717, 1.165) is 17.7 Å². The number of ether oxygens (including phenoxy) is 1. The van der Waals surface area contributed by atoms with Gasteiger partial charge in [0.25, 0.3) is 11.8 Å². The molecular formula is C13H16INO4. The van der Waals surface area contributed by atoms with E-state index < -0.39 is 5.72 Å². The van der Waals surface area contributed by atoms with Crippen LogP contribution in [0.15, 0.2) is 12.2 Å². The maximum Gasteiger partial charge on any atom is 0.321 e. The number of hydrogen-bond acceptors (Lipinski definition) is 4. The highest BCUT2D eigenvalue weighted by Crippen LogP contribution is 2.38. The minimum absolute atomic E-state index is 0.254. The monoisotopic (exact) mass is 377 g/mol. The number of halogens is 1. The molecule has 104 valence electrons. The summed E-state index contributed by atoms with van der Waals surface area (Å²) in [4.78, 5) is 36.8. The average Bonchev–Trinajstić information content (AvgIpc) is 2.96. The van der Waals surface area contributed by atoms with E-state index in [1.54, 1.807) is 0 Å². The maximum atomic E-state index is 12.0. The number of esters is 1. The second-order valence-corrected chi connectivity index (χ2v) is 6.30. The minimum atomic E-state index is -1.06. The first kappa shape index (κ1) is 14.5. The van der Waals surface area contributed by atoms with Crippen LogP contribution in [0.25, 0.3) is 0 Å². The van der Waals surface area contributed by atoms with Crippen LogP contribution in [0.5, 0.6) is 0 Å². The van der Waals surface area contributed by atoms with Crippen molar-refractivity contribution in [2.45, 2.75) is 48.7 Å². The molecule has 0 aromatic heterocycles. The summed E-state index contributed by atoms with van der Waals surface area (Å²) in [5.74, 6) is -1.13. The predicted molar refractivity (Wildman–Crippen MR) is 76.4 cm³/mol. The van der Waals surface area contributed by atoms with Crippen molar-refractivity contribution in [3.05, 3.63) is 12.2 Å². The molecule has 2 amide bonds. The van der Waals surface area contributed by atoms with Gasteiger partial charge in [-0.05, 0) is 19.3 Å². The van der Waals surface area contributed by atoms with Crippen molar-refractivity contribution in [1.29, 1.82) is 0 Å². The molecule has 6 heteroatoms. The summed E-state index contributed by atoms with van der Waals surface area (Å²) in [5.41, 5.74) is -1.06. The van der Waals surface area contributed by atoms with E-state index in [-0.39, 0.29) is 21.7 Å². The summed E-state index contributed by atoms with van der Waals surface area (Å²) in [6.07, 6.45) is 5.89. The SMILES string of the molecule is CCC(I)C(=O)OC1(N2C(=O)C=CC2=O)CCCC1. The van der Waals surface area contributed by atoms with E-state index in [1.807, 2.05) is 29.5 Å². The minimum Gasteiger partial charge on any atom is -0.438 e. The zero-order valence-electron chi connectivity index (χ0n) is 10.7. The normalized spacial score (nSPS) is 22.9. The highest BCUT2D eigenvalue weighted by atomic mass is 127. The van der Waals surface area contributed by atoms with Gasteiger partial charge >= 0.3 is 5.97 Å². The predicted octanol–water partition coefficient (Wildman–Crippen LogP) is 1.94. The van der Waals surface area contributed by atoms with Gasteiger partial charge in [-0.1, -0.05) is 29.5 Å². The Labute approximate surface area is 125 Å². The molecule has 1 fully saturated rings. The van der Waals surface area contributed by atoms with Gasteiger partial charge in [0, 0.05) is 25.0 Å². The molecule has 1 aliphatic carbocycles. The number of imide groups is 1. The molecule has 2 aliphatic rings.